The third-order valence-electron chi connectivity index (χ3n) is 3.00. The van der Waals surface area contributed by atoms with E-state index in [1.807, 2.05) is 19.1 Å². The molecule has 0 atom stereocenters. The summed E-state index contributed by atoms with van der Waals surface area (Å²) in [5.74, 6) is 1.46. The Morgan fingerprint density at radius 3 is 2.50 bits per heavy atom. The monoisotopic (exact) mass is 294 g/mol. The van der Waals surface area contributed by atoms with Crippen LogP contribution in [0.15, 0.2) is 18.7 Å². The molecule has 0 N–H and O–H groups in total. The fourth-order valence-corrected chi connectivity index (χ4v) is 2.52. The molecule has 1 aromatic carbocycles. The van der Waals surface area contributed by atoms with E-state index >= 15 is 0 Å². The number of hydrogen-bond donors (Lipinski definition) is 0. The maximum Gasteiger partial charge on any atom is 0.189 e. The van der Waals surface area contributed by atoms with E-state index in [4.69, 9.17) is 14.2 Å². The molecule has 0 amide bonds. The average Bonchev–Trinajstić information content (AvgIpc) is 2.38. The second-order valence-electron chi connectivity index (χ2n) is 6.05. The second-order valence-corrected chi connectivity index (χ2v) is 11.7. The predicted octanol–water partition coefficient (Wildman–Crippen LogP) is 4.34. The molecule has 0 aliphatic carbocycles. The maximum absolute atomic E-state index is 5.71. The number of aryl methyl sites for hydroxylation is 1. The first-order valence-corrected chi connectivity index (χ1v) is 10.6. The third-order valence-corrected chi connectivity index (χ3v) is 4.71. The number of benzene rings is 1. The zero-order valence-electron chi connectivity index (χ0n) is 13.3. The molecule has 0 spiro atoms. The zero-order valence-corrected chi connectivity index (χ0v) is 14.3. The number of ether oxygens (including phenoxy) is 3. The first-order valence-electron chi connectivity index (χ1n) is 6.89. The van der Waals surface area contributed by atoms with E-state index < -0.39 is 8.07 Å². The van der Waals surface area contributed by atoms with Gasteiger partial charge in [0.05, 0.1) is 7.11 Å². The Morgan fingerprint density at radius 2 is 1.95 bits per heavy atom. The summed E-state index contributed by atoms with van der Waals surface area (Å²) < 4.78 is 16.6. The van der Waals surface area contributed by atoms with Gasteiger partial charge in [-0.1, -0.05) is 32.3 Å². The van der Waals surface area contributed by atoms with Gasteiger partial charge in [-0.2, -0.15) is 0 Å². The average molecular weight is 294 g/mol. The van der Waals surface area contributed by atoms with Crippen molar-refractivity contribution in [2.75, 3.05) is 20.5 Å². The zero-order chi connectivity index (χ0) is 15.2. The molecular weight excluding hydrogens is 268 g/mol. The van der Waals surface area contributed by atoms with Crippen LogP contribution in [0, 0.1) is 6.92 Å². The first-order chi connectivity index (χ1) is 9.37. The van der Waals surface area contributed by atoms with Gasteiger partial charge in [-0.05, 0) is 36.2 Å². The van der Waals surface area contributed by atoms with Crippen molar-refractivity contribution < 1.29 is 14.2 Å². The molecule has 0 bridgehead atoms. The van der Waals surface area contributed by atoms with Crippen molar-refractivity contribution in [1.82, 2.24) is 0 Å². The van der Waals surface area contributed by atoms with Crippen LogP contribution in [-0.4, -0.2) is 28.6 Å². The smallest absolute Gasteiger partial charge is 0.189 e. The molecule has 0 fully saturated rings. The quantitative estimate of drug-likeness (QED) is 0.405. The molecule has 0 saturated heterocycles. The SMILES string of the molecule is C=Cc1cc(C)c(OCOCC[Si](C)(C)C)c(OC)c1. The molecule has 0 radical (unpaired) electrons. The predicted molar refractivity (Wildman–Crippen MR) is 87.4 cm³/mol. The van der Waals surface area contributed by atoms with Crippen LogP contribution in [0.3, 0.4) is 0 Å². The van der Waals surface area contributed by atoms with Crippen molar-refractivity contribution in [2.45, 2.75) is 32.6 Å². The van der Waals surface area contributed by atoms with Crippen molar-refractivity contribution in [3.63, 3.8) is 0 Å². The summed E-state index contributed by atoms with van der Waals surface area (Å²) in [5.41, 5.74) is 2.04. The van der Waals surface area contributed by atoms with Gasteiger partial charge in [0.25, 0.3) is 0 Å². The lowest BCUT2D eigenvalue weighted by molar-refractivity contribution is 0.0201. The van der Waals surface area contributed by atoms with Gasteiger partial charge in [-0.25, -0.2) is 0 Å². The number of hydrogen-bond acceptors (Lipinski definition) is 3. The Hall–Kier alpha value is -1.26. The Balaban J connectivity index is 2.57. The molecule has 0 unspecified atom stereocenters. The normalized spacial score (nSPS) is 11.2. The summed E-state index contributed by atoms with van der Waals surface area (Å²) in [6.07, 6.45) is 1.80. The van der Waals surface area contributed by atoms with E-state index in [1.165, 1.54) is 0 Å². The van der Waals surface area contributed by atoms with Crippen LogP contribution in [-0.2, 0) is 4.74 Å². The molecule has 3 nitrogen and oxygen atoms in total. The Morgan fingerprint density at radius 1 is 1.25 bits per heavy atom. The lowest BCUT2D eigenvalue weighted by Gasteiger charge is -2.17. The first kappa shape index (κ1) is 16.8. The highest BCUT2D eigenvalue weighted by atomic mass is 28.3. The van der Waals surface area contributed by atoms with Crippen molar-refractivity contribution in [2.24, 2.45) is 0 Å². The van der Waals surface area contributed by atoms with Crippen LogP contribution in [0.2, 0.25) is 25.7 Å². The minimum absolute atomic E-state index is 0.259. The van der Waals surface area contributed by atoms with Crippen LogP contribution < -0.4 is 9.47 Å². The van der Waals surface area contributed by atoms with Crippen molar-refractivity contribution in [3.05, 3.63) is 29.8 Å². The van der Waals surface area contributed by atoms with Gasteiger partial charge in [0.2, 0.25) is 0 Å². The summed E-state index contributed by atoms with van der Waals surface area (Å²) in [5, 5.41) is 0. The van der Waals surface area contributed by atoms with E-state index in [2.05, 4.69) is 26.2 Å². The van der Waals surface area contributed by atoms with Crippen molar-refractivity contribution in [3.8, 4) is 11.5 Å². The van der Waals surface area contributed by atoms with Gasteiger partial charge in [0.15, 0.2) is 18.3 Å². The minimum Gasteiger partial charge on any atom is -0.493 e. The van der Waals surface area contributed by atoms with Gasteiger partial charge in [-0.15, -0.1) is 0 Å². The van der Waals surface area contributed by atoms with E-state index in [0.717, 1.165) is 29.5 Å². The molecule has 0 aromatic heterocycles. The topological polar surface area (TPSA) is 27.7 Å². The van der Waals surface area contributed by atoms with Crippen LogP contribution >= 0.6 is 0 Å². The molecule has 4 heteroatoms. The molecular formula is C16H26O3Si. The van der Waals surface area contributed by atoms with Crippen molar-refractivity contribution >= 4 is 14.1 Å². The van der Waals surface area contributed by atoms with Gasteiger partial charge in [-0.3, -0.25) is 0 Å². The van der Waals surface area contributed by atoms with Crippen LogP contribution in [0.4, 0.5) is 0 Å². The van der Waals surface area contributed by atoms with Crippen LogP contribution in [0.25, 0.3) is 6.08 Å². The summed E-state index contributed by atoms with van der Waals surface area (Å²) in [4.78, 5) is 0. The standard InChI is InChI=1S/C16H26O3Si/c1-7-14-10-13(2)16(15(11-14)17-3)19-12-18-8-9-20(4,5)6/h7,10-11H,1,8-9,12H2,2-6H3. The van der Waals surface area contributed by atoms with Gasteiger partial charge in [0, 0.05) is 14.7 Å². The number of methoxy groups -OCH3 is 1. The summed E-state index contributed by atoms with van der Waals surface area (Å²) in [6, 6.07) is 5.08. The van der Waals surface area contributed by atoms with E-state index in [0.29, 0.717) is 5.75 Å². The molecule has 0 aliphatic rings. The molecule has 1 rings (SSSR count). The fourth-order valence-electron chi connectivity index (χ4n) is 1.76. The van der Waals surface area contributed by atoms with E-state index in [1.54, 1.807) is 13.2 Å². The largest absolute Gasteiger partial charge is 0.493 e. The van der Waals surface area contributed by atoms with E-state index in [9.17, 15) is 0 Å². The highest BCUT2D eigenvalue weighted by molar-refractivity contribution is 6.76. The van der Waals surface area contributed by atoms with Crippen LogP contribution in [0.5, 0.6) is 11.5 Å². The number of rotatable bonds is 8. The molecule has 112 valence electrons. The van der Waals surface area contributed by atoms with Crippen LogP contribution in [0.1, 0.15) is 11.1 Å². The molecule has 0 saturated carbocycles. The Kier molecular flexibility index (Phi) is 6.30. The van der Waals surface area contributed by atoms with Gasteiger partial charge in [0.1, 0.15) is 0 Å². The van der Waals surface area contributed by atoms with Crippen molar-refractivity contribution in [1.29, 1.82) is 0 Å². The molecule has 1 aromatic rings. The molecule has 20 heavy (non-hydrogen) atoms. The second kappa shape index (κ2) is 7.50. The lowest BCUT2D eigenvalue weighted by Crippen LogP contribution is -2.22. The lowest BCUT2D eigenvalue weighted by atomic mass is 10.1. The highest BCUT2D eigenvalue weighted by Crippen LogP contribution is 2.32. The summed E-state index contributed by atoms with van der Waals surface area (Å²) >= 11 is 0. The molecule has 0 aliphatic heterocycles. The summed E-state index contributed by atoms with van der Waals surface area (Å²) in [7, 11) is 0.596. The summed E-state index contributed by atoms with van der Waals surface area (Å²) in [6.45, 7) is 13.8. The van der Waals surface area contributed by atoms with Gasteiger partial charge < -0.3 is 14.2 Å². The van der Waals surface area contributed by atoms with Gasteiger partial charge >= 0.3 is 0 Å². The fraction of sp³-hybridized carbons (Fsp3) is 0.500. The Bertz CT molecular complexity index is 450. The maximum atomic E-state index is 5.71. The Labute approximate surface area is 123 Å². The highest BCUT2D eigenvalue weighted by Gasteiger charge is 2.13. The minimum atomic E-state index is -1.04. The van der Waals surface area contributed by atoms with E-state index in [-0.39, 0.29) is 6.79 Å². The molecule has 0 heterocycles. The third kappa shape index (κ3) is 5.39.